The summed E-state index contributed by atoms with van der Waals surface area (Å²) in [5.41, 5.74) is 11.6. The highest BCUT2D eigenvalue weighted by Gasteiger charge is 2.24. The minimum Gasteiger partial charge on any atom is -0.384 e. The first-order valence-corrected chi connectivity index (χ1v) is 5.67. The number of amidine groups is 1. The molecule has 1 aromatic heterocycles. The molecular weight excluding hydrogens is 208 g/mol. The lowest BCUT2D eigenvalue weighted by molar-refractivity contribution is 0.365. The van der Waals surface area contributed by atoms with Crippen molar-refractivity contribution in [2.45, 2.75) is 18.6 Å². The van der Waals surface area contributed by atoms with Crippen LogP contribution in [-0.2, 0) is 6.42 Å². The Labute approximate surface area is 92.7 Å². The second-order valence-electron chi connectivity index (χ2n) is 3.52. The molecule has 0 aromatic carbocycles. The summed E-state index contributed by atoms with van der Waals surface area (Å²) in [6.45, 7) is 0. The molecule has 0 saturated heterocycles. The van der Waals surface area contributed by atoms with Crippen molar-refractivity contribution in [3.8, 4) is 0 Å². The average Bonchev–Trinajstić information content (AvgIpc) is 2.67. The minimum absolute atomic E-state index is 0.474. The first kappa shape index (κ1) is 10.2. The second-order valence-corrected chi connectivity index (χ2v) is 4.55. The van der Waals surface area contributed by atoms with E-state index in [9.17, 15) is 0 Å². The Hall–Kier alpha value is -1.33. The quantitative estimate of drug-likeness (QED) is 0.707. The molecular formula is C10H14N4S. The van der Waals surface area contributed by atoms with Crippen molar-refractivity contribution in [3.05, 3.63) is 34.7 Å². The summed E-state index contributed by atoms with van der Waals surface area (Å²) in [5.74, 6) is -0.273. The summed E-state index contributed by atoms with van der Waals surface area (Å²) in [5, 5.41) is 5.08. The van der Waals surface area contributed by atoms with Crippen molar-refractivity contribution in [3.63, 3.8) is 0 Å². The largest absolute Gasteiger partial charge is 0.384 e. The van der Waals surface area contributed by atoms with E-state index in [1.54, 1.807) is 23.6 Å². The van der Waals surface area contributed by atoms with Crippen LogP contribution in [0, 0.1) is 0 Å². The molecule has 1 aliphatic heterocycles. The maximum Gasteiger partial charge on any atom is 0.184 e. The third-order valence-corrected chi connectivity index (χ3v) is 3.18. The Morgan fingerprint density at radius 3 is 3.07 bits per heavy atom. The van der Waals surface area contributed by atoms with Crippen molar-refractivity contribution < 1.29 is 0 Å². The van der Waals surface area contributed by atoms with Crippen molar-refractivity contribution in [2.24, 2.45) is 16.5 Å². The highest BCUT2D eigenvalue weighted by atomic mass is 32.1. The van der Waals surface area contributed by atoms with Gasteiger partial charge in [0.15, 0.2) is 5.79 Å². The number of nitrogens with one attached hydrogen (secondary N) is 1. The van der Waals surface area contributed by atoms with Gasteiger partial charge in [0.1, 0.15) is 5.84 Å². The van der Waals surface area contributed by atoms with E-state index in [0.29, 0.717) is 5.84 Å². The Bertz CT molecular complexity index is 382. The third kappa shape index (κ3) is 2.57. The molecule has 0 saturated carbocycles. The average molecular weight is 222 g/mol. The summed E-state index contributed by atoms with van der Waals surface area (Å²) in [6, 6.07) is 4.13. The molecule has 4 nitrogen and oxygen atoms in total. The van der Waals surface area contributed by atoms with Gasteiger partial charge < -0.3 is 11.1 Å². The molecule has 2 rings (SSSR count). The molecule has 1 atom stereocenters. The van der Waals surface area contributed by atoms with Gasteiger partial charge in [-0.1, -0.05) is 6.07 Å². The first-order chi connectivity index (χ1) is 7.18. The zero-order valence-corrected chi connectivity index (χ0v) is 9.13. The van der Waals surface area contributed by atoms with Crippen molar-refractivity contribution >= 4 is 17.2 Å². The van der Waals surface area contributed by atoms with E-state index in [2.05, 4.69) is 21.8 Å². The fourth-order valence-corrected chi connectivity index (χ4v) is 2.18. The summed E-state index contributed by atoms with van der Waals surface area (Å²) >= 11 is 1.73. The van der Waals surface area contributed by atoms with Gasteiger partial charge >= 0.3 is 0 Å². The van der Waals surface area contributed by atoms with Gasteiger partial charge in [0.25, 0.3) is 0 Å². The van der Waals surface area contributed by atoms with Gasteiger partial charge in [0, 0.05) is 17.5 Å². The predicted molar refractivity (Wildman–Crippen MR) is 63.5 cm³/mol. The zero-order valence-electron chi connectivity index (χ0n) is 8.31. The van der Waals surface area contributed by atoms with Crippen LogP contribution in [0.3, 0.4) is 0 Å². The van der Waals surface area contributed by atoms with Crippen LogP contribution in [0.25, 0.3) is 0 Å². The van der Waals surface area contributed by atoms with Crippen LogP contribution in [-0.4, -0.2) is 11.6 Å². The van der Waals surface area contributed by atoms with E-state index in [1.165, 1.54) is 4.88 Å². The summed E-state index contributed by atoms with van der Waals surface area (Å²) in [7, 11) is 0. The lowest BCUT2D eigenvalue weighted by Crippen LogP contribution is -2.52. The molecule has 0 spiro atoms. The molecule has 5 N–H and O–H groups in total. The van der Waals surface area contributed by atoms with Crippen LogP contribution < -0.4 is 16.8 Å². The smallest absolute Gasteiger partial charge is 0.184 e. The highest BCUT2D eigenvalue weighted by Crippen LogP contribution is 2.16. The monoisotopic (exact) mass is 222 g/mol. The van der Waals surface area contributed by atoms with Gasteiger partial charge in [-0.25, -0.2) is 4.99 Å². The van der Waals surface area contributed by atoms with E-state index in [4.69, 9.17) is 11.5 Å². The maximum atomic E-state index is 6.04. The number of hydrogen-bond donors (Lipinski definition) is 3. The number of nitrogens with two attached hydrogens (primary N) is 2. The number of aliphatic imine (C=N–C) groups is 1. The second kappa shape index (κ2) is 4.04. The lowest BCUT2D eigenvalue weighted by Gasteiger charge is -2.28. The topological polar surface area (TPSA) is 76.4 Å². The van der Waals surface area contributed by atoms with Crippen molar-refractivity contribution in [1.29, 1.82) is 0 Å². The van der Waals surface area contributed by atoms with Crippen LogP contribution >= 0.6 is 11.3 Å². The Balaban J connectivity index is 1.97. The molecule has 0 amide bonds. The summed E-state index contributed by atoms with van der Waals surface area (Å²) in [4.78, 5) is 5.50. The van der Waals surface area contributed by atoms with Crippen LogP contribution in [0.4, 0.5) is 0 Å². The number of hydrogen-bond acceptors (Lipinski definition) is 5. The van der Waals surface area contributed by atoms with Crippen molar-refractivity contribution in [1.82, 2.24) is 5.32 Å². The van der Waals surface area contributed by atoms with Gasteiger partial charge in [-0.15, -0.1) is 11.3 Å². The first-order valence-electron chi connectivity index (χ1n) is 4.79. The number of thiophene rings is 1. The van der Waals surface area contributed by atoms with E-state index < -0.39 is 5.79 Å². The fourth-order valence-electron chi connectivity index (χ4n) is 1.47. The van der Waals surface area contributed by atoms with Gasteiger partial charge in [-0.2, -0.15) is 0 Å². The van der Waals surface area contributed by atoms with Gasteiger partial charge in [0.2, 0.25) is 0 Å². The maximum absolute atomic E-state index is 6.04. The standard InChI is InChI=1S/C10H14N4S/c11-9-4-6-13-10(12,14-9)5-3-8-2-1-7-15-8/h1-2,4,6-7,13H,3,5,12H2,(H2,11,14). The van der Waals surface area contributed by atoms with Gasteiger partial charge in [0.05, 0.1) is 0 Å². The SMILES string of the molecule is NC1=NC(N)(CCc2cccs2)NC=C1. The van der Waals surface area contributed by atoms with Crippen LogP contribution in [0.1, 0.15) is 11.3 Å². The Kier molecular flexibility index (Phi) is 2.75. The number of nitrogens with zero attached hydrogens (tertiary/aromatic N) is 1. The van der Waals surface area contributed by atoms with E-state index >= 15 is 0 Å². The molecule has 1 unspecified atom stereocenters. The molecule has 0 bridgehead atoms. The molecule has 2 heterocycles. The predicted octanol–water partition coefficient (Wildman–Crippen LogP) is 0.767. The number of aryl methyl sites for hydroxylation is 1. The molecule has 0 aliphatic carbocycles. The normalized spacial score (nSPS) is 24.7. The van der Waals surface area contributed by atoms with Crippen LogP contribution in [0.15, 0.2) is 34.8 Å². The highest BCUT2D eigenvalue weighted by molar-refractivity contribution is 7.09. The van der Waals surface area contributed by atoms with E-state index in [0.717, 1.165) is 12.8 Å². The molecule has 80 valence electrons. The third-order valence-electron chi connectivity index (χ3n) is 2.25. The van der Waals surface area contributed by atoms with Gasteiger partial charge in [-0.05, 0) is 23.9 Å². The Morgan fingerprint density at radius 2 is 2.40 bits per heavy atom. The molecule has 15 heavy (non-hydrogen) atoms. The summed E-state index contributed by atoms with van der Waals surface area (Å²) in [6.07, 6.45) is 5.09. The fraction of sp³-hybridized carbons (Fsp3) is 0.300. The van der Waals surface area contributed by atoms with Gasteiger partial charge in [-0.3, -0.25) is 5.73 Å². The molecule has 5 heteroatoms. The lowest BCUT2D eigenvalue weighted by atomic mass is 10.1. The zero-order chi connectivity index (χ0) is 10.7. The molecule has 1 aliphatic rings. The molecule has 1 aromatic rings. The van der Waals surface area contributed by atoms with E-state index in [-0.39, 0.29) is 0 Å². The van der Waals surface area contributed by atoms with Crippen LogP contribution in [0.2, 0.25) is 0 Å². The molecule has 0 fully saturated rings. The molecule has 0 radical (unpaired) electrons. The summed E-state index contributed by atoms with van der Waals surface area (Å²) < 4.78 is 0. The minimum atomic E-state index is -0.747. The van der Waals surface area contributed by atoms with Crippen molar-refractivity contribution in [2.75, 3.05) is 0 Å². The van der Waals surface area contributed by atoms with E-state index in [1.807, 2.05) is 6.07 Å². The Morgan fingerprint density at radius 1 is 1.53 bits per heavy atom. The van der Waals surface area contributed by atoms with Crippen LogP contribution in [0.5, 0.6) is 0 Å². The number of rotatable bonds is 3.